The van der Waals surface area contributed by atoms with Crippen molar-refractivity contribution >= 4 is 12.9 Å². The van der Waals surface area contributed by atoms with Crippen LogP contribution in [0.25, 0.3) is 0 Å². The molecule has 0 aromatic carbocycles. The van der Waals surface area contributed by atoms with E-state index in [0.717, 1.165) is 12.4 Å². The van der Waals surface area contributed by atoms with Crippen LogP contribution in [-0.4, -0.2) is 33.8 Å². The van der Waals surface area contributed by atoms with Gasteiger partial charge in [-0.15, -0.1) is 0 Å². The minimum atomic E-state index is -4.55. The van der Waals surface area contributed by atoms with E-state index in [1.807, 2.05) is 0 Å². The van der Waals surface area contributed by atoms with Gasteiger partial charge in [0.25, 0.3) is 0 Å². The minimum Gasteiger partial charge on any atom is -0.427 e. The maximum absolute atomic E-state index is 12.3. The summed E-state index contributed by atoms with van der Waals surface area (Å²) in [5.41, 5.74) is -1.53. The van der Waals surface area contributed by atoms with Gasteiger partial charge in [-0.25, -0.2) is 9.97 Å². The highest BCUT2D eigenvalue weighted by atomic mass is 19.4. The van der Waals surface area contributed by atoms with E-state index in [4.69, 9.17) is 4.65 Å². The Bertz CT molecular complexity index is 427. The molecule has 106 valence electrons. The van der Waals surface area contributed by atoms with Crippen molar-refractivity contribution in [1.82, 2.24) is 9.97 Å². The zero-order chi connectivity index (χ0) is 14.9. The Labute approximate surface area is 110 Å². The molecule has 0 saturated heterocycles. The van der Waals surface area contributed by atoms with Gasteiger partial charge >= 0.3 is 13.7 Å². The summed E-state index contributed by atoms with van der Waals surface area (Å²) in [6, 6.07) is 0. The first-order valence-electron chi connectivity index (χ1n) is 5.68. The highest BCUT2D eigenvalue weighted by molar-refractivity contribution is 6.46. The SMILES string of the molecule is CC(C)(O)C(C)(C)OBc1cnc(C(F)(F)F)nc1. The zero-order valence-corrected chi connectivity index (χ0v) is 11.2. The van der Waals surface area contributed by atoms with E-state index in [9.17, 15) is 18.3 Å². The van der Waals surface area contributed by atoms with Crippen LogP contribution >= 0.6 is 0 Å². The molecule has 8 heteroatoms. The monoisotopic (exact) mass is 276 g/mol. The number of aromatic nitrogens is 2. The van der Waals surface area contributed by atoms with Gasteiger partial charge in [-0.3, -0.25) is 0 Å². The second-order valence-corrected chi connectivity index (χ2v) is 5.27. The number of halogens is 3. The summed E-state index contributed by atoms with van der Waals surface area (Å²) in [7, 11) is 0.0229. The fourth-order valence-corrected chi connectivity index (χ4v) is 1.02. The van der Waals surface area contributed by atoms with E-state index in [0.29, 0.717) is 5.46 Å². The Morgan fingerprint density at radius 1 is 1.11 bits per heavy atom. The average molecular weight is 276 g/mol. The molecule has 0 spiro atoms. The van der Waals surface area contributed by atoms with Crippen molar-refractivity contribution < 1.29 is 22.9 Å². The van der Waals surface area contributed by atoms with Crippen molar-refractivity contribution in [2.24, 2.45) is 0 Å². The van der Waals surface area contributed by atoms with Crippen LogP contribution in [-0.2, 0) is 10.8 Å². The maximum atomic E-state index is 12.3. The lowest BCUT2D eigenvalue weighted by Crippen LogP contribution is -2.49. The van der Waals surface area contributed by atoms with Gasteiger partial charge in [-0.2, -0.15) is 13.2 Å². The van der Waals surface area contributed by atoms with Gasteiger partial charge in [-0.05, 0) is 33.2 Å². The molecule has 19 heavy (non-hydrogen) atoms. The van der Waals surface area contributed by atoms with E-state index in [1.165, 1.54) is 0 Å². The largest absolute Gasteiger partial charge is 0.451 e. The van der Waals surface area contributed by atoms with Gasteiger partial charge in [0, 0.05) is 12.4 Å². The molecule has 1 aromatic rings. The van der Waals surface area contributed by atoms with Crippen molar-refractivity contribution in [1.29, 1.82) is 0 Å². The molecule has 4 nitrogen and oxygen atoms in total. The number of alkyl halides is 3. The molecule has 0 radical (unpaired) electrons. The first-order valence-corrected chi connectivity index (χ1v) is 5.68. The van der Waals surface area contributed by atoms with E-state index in [1.54, 1.807) is 27.7 Å². The van der Waals surface area contributed by atoms with Crippen LogP contribution in [0.15, 0.2) is 12.4 Å². The summed E-state index contributed by atoms with van der Waals surface area (Å²) in [6.45, 7) is 6.57. The zero-order valence-electron chi connectivity index (χ0n) is 11.2. The number of aliphatic hydroxyl groups is 1. The fourth-order valence-electron chi connectivity index (χ4n) is 1.02. The molecule has 0 unspecified atom stereocenters. The van der Waals surface area contributed by atoms with Crippen LogP contribution in [0.3, 0.4) is 0 Å². The van der Waals surface area contributed by atoms with Crippen molar-refractivity contribution in [2.75, 3.05) is 0 Å². The molecule has 0 saturated carbocycles. The number of hydrogen-bond donors (Lipinski definition) is 1. The minimum absolute atomic E-state index is 0.0229. The smallest absolute Gasteiger partial charge is 0.427 e. The van der Waals surface area contributed by atoms with Crippen molar-refractivity contribution in [2.45, 2.75) is 45.1 Å². The lowest BCUT2D eigenvalue weighted by Gasteiger charge is -2.37. The van der Waals surface area contributed by atoms with Crippen molar-refractivity contribution in [3.63, 3.8) is 0 Å². The number of hydrogen-bond acceptors (Lipinski definition) is 4. The Kier molecular flexibility index (Phi) is 4.26. The van der Waals surface area contributed by atoms with Gasteiger partial charge in [0.15, 0.2) is 0 Å². The molecule has 0 aliphatic carbocycles. The molecule has 0 fully saturated rings. The van der Waals surface area contributed by atoms with Crippen LogP contribution in [0.5, 0.6) is 0 Å². The molecular formula is C11H16BF3N2O2. The van der Waals surface area contributed by atoms with E-state index >= 15 is 0 Å². The molecule has 0 amide bonds. The fraction of sp³-hybridized carbons (Fsp3) is 0.636. The maximum Gasteiger partial charge on any atom is 0.451 e. The third-order valence-electron chi connectivity index (χ3n) is 3.03. The standard InChI is InChI=1S/C11H16BF3N2O2/c1-9(2,18)10(3,4)19-12-7-5-16-8(17-6-7)11(13,14)15/h5-6,12,18H,1-4H3. The second kappa shape index (κ2) is 5.09. The van der Waals surface area contributed by atoms with Crippen LogP contribution in [0.1, 0.15) is 33.5 Å². The van der Waals surface area contributed by atoms with E-state index in [-0.39, 0.29) is 7.48 Å². The quantitative estimate of drug-likeness (QED) is 0.835. The lowest BCUT2D eigenvalue weighted by atomic mass is 9.84. The summed E-state index contributed by atoms with van der Waals surface area (Å²) in [5, 5.41) is 9.87. The average Bonchev–Trinajstić information content (AvgIpc) is 2.24. The Hall–Kier alpha value is -1.15. The van der Waals surface area contributed by atoms with Gasteiger partial charge in [0.2, 0.25) is 5.82 Å². The molecule has 0 bridgehead atoms. The summed E-state index contributed by atoms with van der Waals surface area (Å²) in [5.74, 6) is -1.18. The highest BCUT2D eigenvalue weighted by Crippen LogP contribution is 2.25. The molecule has 0 aliphatic heterocycles. The van der Waals surface area contributed by atoms with Crippen molar-refractivity contribution in [3.05, 3.63) is 18.2 Å². The van der Waals surface area contributed by atoms with Crippen LogP contribution < -0.4 is 5.46 Å². The molecule has 1 N–H and O–H groups in total. The Balaban J connectivity index is 2.70. The second-order valence-electron chi connectivity index (χ2n) is 5.27. The summed E-state index contributed by atoms with van der Waals surface area (Å²) in [4.78, 5) is 6.47. The molecule has 1 rings (SSSR count). The normalized spacial score (nSPS) is 13.5. The Morgan fingerprint density at radius 2 is 1.58 bits per heavy atom. The van der Waals surface area contributed by atoms with Crippen molar-refractivity contribution in [3.8, 4) is 0 Å². The third-order valence-corrected chi connectivity index (χ3v) is 3.03. The van der Waals surface area contributed by atoms with Gasteiger partial charge < -0.3 is 9.76 Å². The molecule has 0 atom stereocenters. The first-order chi connectivity index (χ1) is 8.43. The molecule has 0 aliphatic rings. The number of nitrogens with zero attached hydrogens (tertiary/aromatic N) is 2. The summed E-state index contributed by atoms with van der Waals surface area (Å²) in [6.07, 6.45) is -2.42. The van der Waals surface area contributed by atoms with Gasteiger partial charge in [-0.1, -0.05) is 0 Å². The van der Waals surface area contributed by atoms with Crippen LogP contribution in [0, 0.1) is 0 Å². The predicted octanol–water partition coefficient (Wildman–Crippen LogP) is 1.04. The van der Waals surface area contributed by atoms with Crippen LogP contribution in [0.4, 0.5) is 13.2 Å². The number of rotatable bonds is 4. The predicted molar refractivity (Wildman–Crippen MR) is 65.3 cm³/mol. The summed E-state index contributed by atoms with van der Waals surface area (Å²) < 4.78 is 42.3. The van der Waals surface area contributed by atoms with E-state index < -0.39 is 23.2 Å². The van der Waals surface area contributed by atoms with Gasteiger partial charge in [0.05, 0.1) is 11.2 Å². The topological polar surface area (TPSA) is 55.2 Å². The van der Waals surface area contributed by atoms with Gasteiger partial charge in [0.1, 0.15) is 0 Å². The summed E-state index contributed by atoms with van der Waals surface area (Å²) >= 11 is 0. The third kappa shape index (κ3) is 4.17. The Morgan fingerprint density at radius 3 is 1.95 bits per heavy atom. The van der Waals surface area contributed by atoms with Crippen LogP contribution in [0.2, 0.25) is 0 Å². The lowest BCUT2D eigenvalue weighted by molar-refractivity contribution is -0.144. The van der Waals surface area contributed by atoms with E-state index in [2.05, 4.69) is 9.97 Å². The molecular weight excluding hydrogens is 260 g/mol. The first kappa shape index (κ1) is 15.9. The highest BCUT2D eigenvalue weighted by Gasteiger charge is 2.36. The molecule has 1 aromatic heterocycles. The molecule has 1 heterocycles.